The zero-order chi connectivity index (χ0) is 17.8. The third-order valence-corrected chi connectivity index (χ3v) is 3.44. The van der Waals surface area contributed by atoms with E-state index in [0.717, 1.165) is 5.56 Å². The number of nitrogens with zero attached hydrogens (tertiary/aromatic N) is 1. The Hall–Kier alpha value is -2.87. The summed E-state index contributed by atoms with van der Waals surface area (Å²) in [5, 5.41) is 3.68. The second kappa shape index (κ2) is 10.8. The summed E-state index contributed by atoms with van der Waals surface area (Å²) < 4.78 is 0. The van der Waals surface area contributed by atoms with Gasteiger partial charge < -0.3 is 5.84 Å². The number of benzene rings is 2. The summed E-state index contributed by atoms with van der Waals surface area (Å²) in [7, 11) is 0. The number of aryl methyl sites for hydroxylation is 1. The third-order valence-electron chi connectivity index (χ3n) is 3.44. The molecule has 0 amide bonds. The van der Waals surface area contributed by atoms with E-state index in [2.05, 4.69) is 55.0 Å². The van der Waals surface area contributed by atoms with Crippen molar-refractivity contribution >= 4 is 11.3 Å². The van der Waals surface area contributed by atoms with E-state index in [1.165, 1.54) is 16.7 Å². The zero-order valence-electron chi connectivity index (χ0n) is 14.7. The van der Waals surface area contributed by atoms with Gasteiger partial charge >= 0.3 is 0 Å². The Balaban J connectivity index is 0.000000341. The van der Waals surface area contributed by atoms with Crippen LogP contribution < -0.4 is 5.84 Å². The summed E-state index contributed by atoms with van der Waals surface area (Å²) in [6.07, 6.45) is 7.85. The van der Waals surface area contributed by atoms with Crippen LogP contribution in [0.15, 0.2) is 90.6 Å². The smallest absolute Gasteiger partial charge is 0.0893 e. The van der Waals surface area contributed by atoms with Gasteiger partial charge in [-0.25, -0.2) is 0 Å². The number of rotatable bonds is 4. The van der Waals surface area contributed by atoms with Crippen LogP contribution in [0.2, 0.25) is 0 Å². The molecule has 0 bridgehead atoms. The molecule has 0 spiro atoms. The first-order chi connectivity index (χ1) is 11.7. The second-order valence-corrected chi connectivity index (χ2v) is 5.19. The molecule has 0 aliphatic carbocycles. The van der Waals surface area contributed by atoms with Crippen LogP contribution in [0.25, 0.3) is 5.57 Å². The topological polar surface area (TPSA) is 38.4 Å². The van der Waals surface area contributed by atoms with Crippen molar-refractivity contribution in [3.05, 3.63) is 102 Å². The molecule has 0 saturated carbocycles. The lowest BCUT2D eigenvalue weighted by atomic mass is 10.0. The fraction of sp³-hybridized carbons (Fsp3) is 0.136. The summed E-state index contributed by atoms with van der Waals surface area (Å²) in [4.78, 5) is 0. The molecule has 2 heteroatoms. The molecular weight excluding hydrogens is 292 g/mol. The first kappa shape index (κ1) is 19.2. The highest BCUT2D eigenvalue weighted by atomic mass is 15.1. The predicted molar refractivity (Wildman–Crippen MR) is 107 cm³/mol. The SMILES string of the molecule is C=C/C(=N\N)c1ccc(C(/C=C\C)=C/C)cc1.Cc1ccccc1. The van der Waals surface area contributed by atoms with E-state index in [-0.39, 0.29) is 0 Å². The third kappa shape index (κ3) is 6.09. The van der Waals surface area contributed by atoms with Gasteiger partial charge in [-0.05, 0) is 38.0 Å². The van der Waals surface area contributed by atoms with Gasteiger partial charge in [0.1, 0.15) is 0 Å². The van der Waals surface area contributed by atoms with Crippen molar-refractivity contribution in [2.45, 2.75) is 20.8 Å². The van der Waals surface area contributed by atoms with Crippen molar-refractivity contribution in [3.8, 4) is 0 Å². The van der Waals surface area contributed by atoms with Gasteiger partial charge in [0.15, 0.2) is 0 Å². The van der Waals surface area contributed by atoms with Crippen LogP contribution in [0, 0.1) is 6.92 Å². The van der Waals surface area contributed by atoms with E-state index >= 15 is 0 Å². The minimum absolute atomic E-state index is 0.699. The average Bonchev–Trinajstić information content (AvgIpc) is 2.63. The maximum Gasteiger partial charge on any atom is 0.0893 e. The summed E-state index contributed by atoms with van der Waals surface area (Å²) in [6.45, 7) is 9.80. The van der Waals surface area contributed by atoms with Gasteiger partial charge in [-0.15, -0.1) is 0 Å². The summed E-state index contributed by atoms with van der Waals surface area (Å²) in [6, 6.07) is 18.4. The van der Waals surface area contributed by atoms with E-state index in [1.54, 1.807) is 6.08 Å². The van der Waals surface area contributed by atoms with E-state index in [9.17, 15) is 0 Å². The van der Waals surface area contributed by atoms with Gasteiger partial charge in [0.25, 0.3) is 0 Å². The first-order valence-corrected chi connectivity index (χ1v) is 7.98. The van der Waals surface area contributed by atoms with E-state index < -0.39 is 0 Å². The molecule has 0 saturated heterocycles. The van der Waals surface area contributed by atoms with Crippen LogP contribution in [0.4, 0.5) is 0 Å². The highest BCUT2D eigenvalue weighted by Crippen LogP contribution is 2.17. The van der Waals surface area contributed by atoms with Crippen molar-refractivity contribution in [2.24, 2.45) is 10.9 Å². The maximum atomic E-state index is 5.28. The molecule has 2 nitrogen and oxygen atoms in total. The Labute approximate surface area is 145 Å². The Kier molecular flexibility index (Phi) is 8.62. The van der Waals surface area contributed by atoms with Gasteiger partial charge in [0.2, 0.25) is 0 Å². The normalized spacial score (nSPS) is 11.8. The number of hydrazone groups is 1. The van der Waals surface area contributed by atoms with Crippen molar-refractivity contribution in [2.75, 3.05) is 0 Å². The number of hydrogen-bond acceptors (Lipinski definition) is 2. The molecule has 2 rings (SSSR count). The molecular formula is C22H26N2. The molecule has 0 aliphatic heterocycles. The first-order valence-electron chi connectivity index (χ1n) is 7.98. The molecule has 24 heavy (non-hydrogen) atoms. The highest BCUT2D eigenvalue weighted by molar-refractivity contribution is 6.08. The Morgan fingerprint density at radius 3 is 1.92 bits per heavy atom. The predicted octanol–water partition coefficient (Wildman–Crippen LogP) is 5.51. The Morgan fingerprint density at radius 1 is 0.958 bits per heavy atom. The van der Waals surface area contributed by atoms with Gasteiger partial charge in [-0.1, -0.05) is 85.0 Å². The molecule has 0 unspecified atom stereocenters. The standard InChI is InChI=1S/C15H18N2.C7H8/c1-4-7-12(5-2)13-8-10-14(11-9-13)15(6-3)17-16;1-7-5-3-2-4-6-7/h4-11H,3,16H2,1-2H3;2-6H,1H3/b7-4-,12-5+,17-15+;. The average molecular weight is 318 g/mol. The molecule has 0 atom stereocenters. The maximum absolute atomic E-state index is 5.28. The minimum atomic E-state index is 0.699. The van der Waals surface area contributed by atoms with Crippen LogP contribution in [-0.2, 0) is 0 Å². The quantitative estimate of drug-likeness (QED) is 0.343. The molecule has 0 aromatic heterocycles. The summed E-state index contributed by atoms with van der Waals surface area (Å²) in [5.74, 6) is 5.28. The van der Waals surface area contributed by atoms with Crippen LogP contribution in [-0.4, -0.2) is 5.71 Å². The van der Waals surface area contributed by atoms with Crippen molar-refractivity contribution in [3.63, 3.8) is 0 Å². The molecule has 0 heterocycles. The lowest BCUT2D eigenvalue weighted by Gasteiger charge is -2.04. The van der Waals surface area contributed by atoms with E-state index in [1.807, 2.05) is 50.3 Å². The van der Waals surface area contributed by atoms with Crippen molar-refractivity contribution in [1.29, 1.82) is 0 Å². The number of hydrogen-bond donors (Lipinski definition) is 1. The van der Waals surface area contributed by atoms with Gasteiger partial charge in [0.05, 0.1) is 5.71 Å². The molecule has 0 fully saturated rings. The molecule has 2 aromatic rings. The minimum Gasteiger partial charge on any atom is -0.323 e. The monoisotopic (exact) mass is 318 g/mol. The number of nitrogens with two attached hydrogens (primary N) is 1. The largest absolute Gasteiger partial charge is 0.323 e. The van der Waals surface area contributed by atoms with Gasteiger partial charge in [0, 0.05) is 5.56 Å². The summed E-state index contributed by atoms with van der Waals surface area (Å²) >= 11 is 0. The second-order valence-electron chi connectivity index (χ2n) is 5.19. The van der Waals surface area contributed by atoms with Gasteiger partial charge in [-0.3, -0.25) is 0 Å². The van der Waals surface area contributed by atoms with Crippen LogP contribution >= 0.6 is 0 Å². The fourth-order valence-corrected chi connectivity index (χ4v) is 2.15. The van der Waals surface area contributed by atoms with Crippen LogP contribution in [0.3, 0.4) is 0 Å². The molecule has 2 aromatic carbocycles. The van der Waals surface area contributed by atoms with Crippen LogP contribution in [0.1, 0.15) is 30.5 Å². The Morgan fingerprint density at radius 2 is 1.54 bits per heavy atom. The molecule has 124 valence electrons. The van der Waals surface area contributed by atoms with E-state index in [0.29, 0.717) is 5.71 Å². The molecule has 0 aliphatic rings. The Bertz CT molecular complexity index is 705. The number of allylic oxidation sites excluding steroid dienone is 5. The van der Waals surface area contributed by atoms with Gasteiger partial charge in [-0.2, -0.15) is 5.10 Å². The lowest BCUT2D eigenvalue weighted by Crippen LogP contribution is -2.00. The van der Waals surface area contributed by atoms with E-state index in [4.69, 9.17) is 5.84 Å². The lowest BCUT2D eigenvalue weighted by molar-refractivity contribution is 1.25. The van der Waals surface area contributed by atoms with Crippen molar-refractivity contribution in [1.82, 2.24) is 0 Å². The molecule has 0 radical (unpaired) electrons. The summed E-state index contributed by atoms with van der Waals surface area (Å²) in [5.41, 5.74) is 5.37. The molecule has 2 N–H and O–H groups in total. The zero-order valence-corrected chi connectivity index (χ0v) is 14.7. The van der Waals surface area contributed by atoms with Crippen LogP contribution in [0.5, 0.6) is 0 Å². The highest BCUT2D eigenvalue weighted by Gasteiger charge is 2.00. The van der Waals surface area contributed by atoms with Crippen molar-refractivity contribution < 1.29 is 0 Å². The fourth-order valence-electron chi connectivity index (χ4n) is 2.15.